The minimum absolute atomic E-state index is 0.511. The summed E-state index contributed by atoms with van der Waals surface area (Å²) in [6, 6.07) is 7.77. The third kappa shape index (κ3) is 1.38. The van der Waals surface area contributed by atoms with Gasteiger partial charge in [-0.25, -0.2) is 0 Å². The van der Waals surface area contributed by atoms with E-state index in [1.54, 1.807) is 6.07 Å². The molecular weight excluding hydrogens is 162 g/mol. The van der Waals surface area contributed by atoms with Gasteiger partial charge in [0.2, 0.25) is 0 Å². The fourth-order valence-electron chi connectivity index (χ4n) is 1.64. The van der Waals surface area contributed by atoms with Crippen molar-refractivity contribution in [1.82, 2.24) is 0 Å². The number of hydrogen-bond donors (Lipinski definition) is 0. The first-order chi connectivity index (χ1) is 6.31. The van der Waals surface area contributed by atoms with Crippen LogP contribution in [0.15, 0.2) is 18.2 Å². The summed E-state index contributed by atoms with van der Waals surface area (Å²) in [5.41, 5.74) is 1.89. The van der Waals surface area contributed by atoms with E-state index in [1.807, 2.05) is 12.1 Å². The number of benzene rings is 1. The molecule has 0 amide bonds. The van der Waals surface area contributed by atoms with Crippen molar-refractivity contribution in [3.63, 3.8) is 0 Å². The Morgan fingerprint density at radius 3 is 3.15 bits per heavy atom. The maximum Gasteiger partial charge on any atom is 0.122 e. The Morgan fingerprint density at radius 1 is 1.54 bits per heavy atom. The predicted octanol–water partition coefficient (Wildman–Crippen LogP) is 2.44. The van der Waals surface area contributed by atoms with Crippen LogP contribution in [-0.4, -0.2) is 6.61 Å². The highest BCUT2D eigenvalue weighted by Gasteiger charge is 2.17. The zero-order chi connectivity index (χ0) is 9.26. The molecule has 2 heteroatoms. The topological polar surface area (TPSA) is 33.0 Å². The first-order valence-electron chi connectivity index (χ1n) is 4.48. The molecule has 66 valence electrons. The van der Waals surface area contributed by atoms with Gasteiger partial charge in [-0.15, -0.1) is 0 Å². The largest absolute Gasteiger partial charge is 0.493 e. The predicted molar refractivity (Wildman–Crippen MR) is 49.7 cm³/mol. The third-order valence-corrected chi connectivity index (χ3v) is 2.48. The Labute approximate surface area is 77.8 Å². The molecule has 0 N–H and O–H groups in total. The van der Waals surface area contributed by atoms with Gasteiger partial charge in [-0.3, -0.25) is 0 Å². The standard InChI is InChI=1S/C11H11NO/c1-8-4-5-13-11-3-2-9(7-12)6-10(8)11/h2-3,6,8H,4-5H2,1H3/t8-/m1/s1. The first-order valence-corrected chi connectivity index (χ1v) is 4.48. The zero-order valence-corrected chi connectivity index (χ0v) is 7.58. The highest BCUT2D eigenvalue weighted by Crippen LogP contribution is 2.33. The summed E-state index contributed by atoms with van der Waals surface area (Å²) in [6.07, 6.45) is 1.04. The quantitative estimate of drug-likeness (QED) is 0.603. The average Bonchev–Trinajstić information content (AvgIpc) is 2.18. The van der Waals surface area contributed by atoms with Crippen LogP contribution in [0.3, 0.4) is 0 Å². The normalized spacial score (nSPS) is 19.8. The van der Waals surface area contributed by atoms with Crippen molar-refractivity contribution in [3.8, 4) is 11.8 Å². The van der Waals surface area contributed by atoms with Crippen LogP contribution >= 0.6 is 0 Å². The van der Waals surface area contributed by atoms with Crippen molar-refractivity contribution >= 4 is 0 Å². The number of nitrogens with zero attached hydrogens (tertiary/aromatic N) is 1. The molecule has 2 nitrogen and oxygen atoms in total. The van der Waals surface area contributed by atoms with E-state index in [1.165, 1.54) is 5.56 Å². The molecule has 1 heterocycles. The SMILES string of the molecule is C[C@@H]1CCOc2ccc(C#N)cc21. The van der Waals surface area contributed by atoms with Crippen LogP contribution in [-0.2, 0) is 0 Å². The Balaban J connectivity index is 2.48. The molecule has 13 heavy (non-hydrogen) atoms. The molecule has 0 aliphatic carbocycles. The minimum Gasteiger partial charge on any atom is -0.493 e. The molecule has 1 aliphatic rings. The molecule has 0 fully saturated rings. The second-order valence-corrected chi connectivity index (χ2v) is 3.40. The average molecular weight is 173 g/mol. The van der Waals surface area contributed by atoms with Gasteiger partial charge in [-0.05, 0) is 36.1 Å². The molecule has 0 aromatic heterocycles. The van der Waals surface area contributed by atoms with Gasteiger partial charge in [-0.2, -0.15) is 5.26 Å². The number of hydrogen-bond acceptors (Lipinski definition) is 2. The number of fused-ring (bicyclic) bond motifs is 1. The van der Waals surface area contributed by atoms with E-state index in [-0.39, 0.29) is 0 Å². The summed E-state index contributed by atoms with van der Waals surface area (Å²) in [5.74, 6) is 1.45. The van der Waals surface area contributed by atoms with E-state index < -0.39 is 0 Å². The Morgan fingerprint density at radius 2 is 2.38 bits per heavy atom. The van der Waals surface area contributed by atoms with Crippen LogP contribution in [0.2, 0.25) is 0 Å². The molecule has 0 bridgehead atoms. The van der Waals surface area contributed by atoms with Crippen LogP contribution in [0.4, 0.5) is 0 Å². The van der Waals surface area contributed by atoms with Crippen LogP contribution in [0, 0.1) is 11.3 Å². The lowest BCUT2D eigenvalue weighted by atomic mass is 9.94. The molecule has 1 aromatic carbocycles. The zero-order valence-electron chi connectivity index (χ0n) is 7.58. The summed E-state index contributed by atoms with van der Waals surface area (Å²) >= 11 is 0. The second-order valence-electron chi connectivity index (χ2n) is 3.40. The molecule has 0 saturated carbocycles. The van der Waals surface area contributed by atoms with Gasteiger partial charge in [0.25, 0.3) is 0 Å². The monoisotopic (exact) mass is 173 g/mol. The van der Waals surface area contributed by atoms with Crippen LogP contribution in [0.1, 0.15) is 30.4 Å². The first kappa shape index (κ1) is 8.12. The highest BCUT2D eigenvalue weighted by molar-refractivity contribution is 5.44. The van der Waals surface area contributed by atoms with E-state index in [4.69, 9.17) is 10.00 Å². The molecule has 0 radical (unpaired) electrons. The van der Waals surface area contributed by atoms with E-state index >= 15 is 0 Å². The number of ether oxygens (including phenoxy) is 1. The van der Waals surface area contributed by atoms with Gasteiger partial charge in [0.1, 0.15) is 5.75 Å². The van der Waals surface area contributed by atoms with E-state index in [0.29, 0.717) is 5.92 Å². The fourth-order valence-corrected chi connectivity index (χ4v) is 1.64. The summed E-state index contributed by atoms with van der Waals surface area (Å²) < 4.78 is 5.48. The Hall–Kier alpha value is -1.49. The van der Waals surface area contributed by atoms with Gasteiger partial charge >= 0.3 is 0 Å². The van der Waals surface area contributed by atoms with E-state index in [0.717, 1.165) is 24.3 Å². The third-order valence-electron chi connectivity index (χ3n) is 2.48. The van der Waals surface area contributed by atoms with Crippen molar-refractivity contribution in [2.75, 3.05) is 6.61 Å². The van der Waals surface area contributed by atoms with Gasteiger partial charge in [0.15, 0.2) is 0 Å². The smallest absolute Gasteiger partial charge is 0.122 e. The fraction of sp³-hybridized carbons (Fsp3) is 0.364. The Kier molecular flexibility index (Phi) is 1.94. The van der Waals surface area contributed by atoms with Crippen molar-refractivity contribution in [2.45, 2.75) is 19.3 Å². The highest BCUT2D eigenvalue weighted by atomic mass is 16.5. The van der Waals surface area contributed by atoms with Crippen molar-refractivity contribution in [3.05, 3.63) is 29.3 Å². The summed E-state index contributed by atoms with van der Waals surface area (Å²) in [6.45, 7) is 2.96. The maximum atomic E-state index is 8.73. The number of nitriles is 1. The van der Waals surface area contributed by atoms with Crippen LogP contribution in [0.25, 0.3) is 0 Å². The van der Waals surface area contributed by atoms with Gasteiger partial charge in [-0.1, -0.05) is 6.92 Å². The van der Waals surface area contributed by atoms with Gasteiger partial charge < -0.3 is 4.74 Å². The molecule has 2 rings (SSSR count). The summed E-state index contributed by atoms with van der Waals surface area (Å²) in [5, 5.41) is 8.73. The van der Waals surface area contributed by atoms with Gasteiger partial charge in [0.05, 0.1) is 18.2 Å². The molecule has 0 unspecified atom stereocenters. The lowest BCUT2D eigenvalue weighted by Crippen LogP contribution is -2.11. The lowest BCUT2D eigenvalue weighted by molar-refractivity contribution is 0.272. The molecule has 1 atom stereocenters. The summed E-state index contributed by atoms with van der Waals surface area (Å²) in [7, 11) is 0. The molecule has 1 aromatic rings. The molecule has 1 aliphatic heterocycles. The molecule has 0 spiro atoms. The van der Waals surface area contributed by atoms with Crippen LogP contribution in [0.5, 0.6) is 5.75 Å². The van der Waals surface area contributed by atoms with Crippen molar-refractivity contribution in [1.29, 1.82) is 5.26 Å². The second kappa shape index (κ2) is 3.10. The van der Waals surface area contributed by atoms with E-state index in [2.05, 4.69) is 13.0 Å². The molecular formula is C11H11NO. The molecule has 0 saturated heterocycles. The lowest BCUT2D eigenvalue weighted by Gasteiger charge is -2.22. The van der Waals surface area contributed by atoms with E-state index in [9.17, 15) is 0 Å². The maximum absolute atomic E-state index is 8.73. The minimum atomic E-state index is 0.511. The van der Waals surface area contributed by atoms with Crippen LogP contribution < -0.4 is 4.74 Å². The van der Waals surface area contributed by atoms with Gasteiger partial charge in [0, 0.05) is 0 Å². The van der Waals surface area contributed by atoms with Crippen molar-refractivity contribution < 1.29 is 4.74 Å². The summed E-state index contributed by atoms with van der Waals surface area (Å²) in [4.78, 5) is 0. The number of rotatable bonds is 0. The van der Waals surface area contributed by atoms with Crippen molar-refractivity contribution in [2.24, 2.45) is 0 Å². The Bertz CT molecular complexity index is 365.